The van der Waals surface area contributed by atoms with Crippen LogP contribution in [-0.4, -0.2) is 5.97 Å². The van der Waals surface area contributed by atoms with Crippen molar-refractivity contribution in [1.29, 1.82) is 0 Å². The number of cyclic esters (lactones) is 1. The zero-order valence-electron chi connectivity index (χ0n) is 15.3. The highest BCUT2D eigenvalue weighted by Gasteiger charge is 2.96. The molecule has 4 rings (SSSR count). The fraction of sp³-hybridized carbons (Fsp3) is 0.273. The smallest absolute Gasteiger partial charge is 0.422 e. The van der Waals surface area contributed by atoms with Crippen LogP contribution in [0.25, 0.3) is 4.85 Å². The van der Waals surface area contributed by atoms with Gasteiger partial charge in [0.25, 0.3) is 0 Å². The first kappa shape index (κ1) is 18.9. The Hall–Kier alpha value is -2.48. The van der Waals surface area contributed by atoms with E-state index in [1.54, 1.807) is 30.3 Å². The first-order chi connectivity index (χ1) is 13.3. The third-order valence-electron chi connectivity index (χ3n) is 5.93. The van der Waals surface area contributed by atoms with Crippen LogP contribution in [0.15, 0.2) is 65.2 Å². The number of allylic oxidation sites excluding steroid dienone is 1. The van der Waals surface area contributed by atoms with Gasteiger partial charge in [0.15, 0.2) is 0 Å². The van der Waals surface area contributed by atoms with Gasteiger partial charge in [-0.2, -0.15) is 0 Å². The summed E-state index contributed by atoms with van der Waals surface area (Å²) in [6.45, 7) is 11.7. The molecule has 0 amide bonds. The number of benzene rings is 2. The van der Waals surface area contributed by atoms with E-state index in [9.17, 15) is 4.79 Å². The van der Waals surface area contributed by atoms with Gasteiger partial charge in [0.2, 0.25) is 5.41 Å². The molecule has 3 atom stereocenters. The van der Waals surface area contributed by atoms with Gasteiger partial charge in [0.05, 0.1) is 5.56 Å². The second kappa shape index (κ2) is 6.27. The number of carbonyl (C=O) groups excluding carboxylic acids is 1. The average Bonchev–Trinajstić information content (AvgIpc) is 3.18. The van der Waals surface area contributed by atoms with E-state index < -0.39 is 22.5 Å². The van der Waals surface area contributed by atoms with Crippen LogP contribution < -0.4 is 4.74 Å². The summed E-state index contributed by atoms with van der Waals surface area (Å²) in [7, 11) is 0. The lowest BCUT2D eigenvalue weighted by Gasteiger charge is -2.40. The normalized spacial score (nSPS) is 29.2. The van der Waals surface area contributed by atoms with Gasteiger partial charge in [-0.1, -0.05) is 61.3 Å². The molecule has 2 aliphatic rings. The summed E-state index contributed by atoms with van der Waals surface area (Å²) in [6, 6.07) is 16.5. The maximum atomic E-state index is 12.6. The molecule has 1 saturated carbocycles. The molecule has 0 bridgehead atoms. The molecule has 6 heteroatoms. The van der Waals surface area contributed by atoms with Crippen LogP contribution in [0, 0.1) is 23.3 Å². The summed E-state index contributed by atoms with van der Waals surface area (Å²) in [5, 5.41) is 0. The van der Waals surface area contributed by atoms with Crippen molar-refractivity contribution in [2.24, 2.45) is 16.7 Å². The van der Waals surface area contributed by atoms with Gasteiger partial charge in [0, 0.05) is 11.3 Å². The van der Waals surface area contributed by atoms with Crippen molar-refractivity contribution >= 4 is 29.2 Å². The monoisotopic (exact) mass is 413 g/mol. The molecule has 2 fully saturated rings. The lowest BCUT2D eigenvalue weighted by Crippen LogP contribution is -2.58. The summed E-state index contributed by atoms with van der Waals surface area (Å²) in [5.41, 5.74) is -2.40. The Labute approximate surface area is 173 Å². The van der Waals surface area contributed by atoms with E-state index in [4.69, 9.17) is 39.2 Å². The van der Waals surface area contributed by atoms with Crippen LogP contribution in [0.3, 0.4) is 0 Å². The summed E-state index contributed by atoms with van der Waals surface area (Å²) < 4.78 is 11.5. The Balaban J connectivity index is 1.76. The fourth-order valence-electron chi connectivity index (χ4n) is 4.54. The minimum Gasteiger partial charge on any atom is -0.457 e. The van der Waals surface area contributed by atoms with Gasteiger partial charge < -0.3 is 9.47 Å². The maximum absolute atomic E-state index is 12.6. The van der Waals surface area contributed by atoms with Crippen LogP contribution in [0.2, 0.25) is 0 Å². The van der Waals surface area contributed by atoms with Crippen molar-refractivity contribution in [2.45, 2.75) is 19.6 Å². The van der Waals surface area contributed by atoms with Gasteiger partial charge in [-0.25, -0.2) is 6.57 Å². The second-order valence-electron chi connectivity index (χ2n) is 7.55. The Morgan fingerprint density at radius 1 is 1.14 bits per heavy atom. The molecule has 1 saturated heterocycles. The molecule has 0 aromatic heterocycles. The first-order valence-electron chi connectivity index (χ1n) is 8.78. The molecule has 4 nitrogen and oxygen atoms in total. The van der Waals surface area contributed by atoms with Crippen molar-refractivity contribution < 1.29 is 14.3 Å². The van der Waals surface area contributed by atoms with Crippen molar-refractivity contribution in [3.05, 3.63) is 82.1 Å². The Morgan fingerprint density at radius 2 is 1.82 bits per heavy atom. The van der Waals surface area contributed by atoms with Crippen molar-refractivity contribution in [2.75, 3.05) is 0 Å². The highest BCUT2D eigenvalue weighted by Crippen LogP contribution is 2.82. The number of halogens is 2. The summed E-state index contributed by atoms with van der Waals surface area (Å²) in [5.74, 6) is 0.543. The summed E-state index contributed by atoms with van der Waals surface area (Å²) in [4.78, 5) is 16.4. The first-order valence-corrected chi connectivity index (χ1v) is 9.53. The molecular formula is C22H17Cl2NO3. The van der Waals surface area contributed by atoms with Gasteiger partial charge in [-0.15, -0.1) is 0 Å². The maximum Gasteiger partial charge on any atom is 0.422 e. The van der Waals surface area contributed by atoms with Gasteiger partial charge in [-0.05, 0) is 36.4 Å². The van der Waals surface area contributed by atoms with E-state index in [0.717, 1.165) is 0 Å². The molecule has 28 heavy (non-hydrogen) atoms. The molecule has 2 aromatic carbocycles. The number of nitrogens with zero attached hydrogens (tertiary/aromatic N) is 1. The standard InChI is InChI=1S/C22H17Cl2NO3/c1-20(2)17(13-18(23)24)21(20)19(26)28-22(21,25-3)14-8-7-11-16(12-14)27-15-9-5-4-6-10-15/h4-13,17H,1-2H3. The molecule has 0 N–H and O–H groups in total. The quantitative estimate of drug-likeness (QED) is 0.450. The number of esters is 1. The molecule has 2 aromatic rings. The van der Waals surface area contributed by atoms with Crippen LogP contribution in [-0.2, 0) is 15.3 Å². The predicted octanol–water partition coefficient (Wildman–Crippen LogP) is 6.07. The summed E-state index contributed by atoms with van der Waals surface area (Å²) in [6.07, 6.45) is 1.63. The third kappa shape index (κ3) is 2.33. The van der Waals surface area contributed by atoms with Crippen molar-refractivity contribution in [3.8, 4) is 11.5 Å². The van der Waals surface area contributed by atoms with E-state index in [2.05, 4.69) is 4.85 Å². The SMILES string of the molecule is [C-]#[N+]C1(c2cccc(Oc3ccccc3)c2)OC(=O)C12C(C=C(Cl)Cl)C2(C)C. The molecule has 1 spiro atoms. The van der Waals surface area contributed by atoms with E-state index in [1.807, 2.05) is 44.2 Å². The number of ether oxygens (including phenoxy) is 2. The molecule has 0 radical (unpaired) electrons. The van der Waals surface area contributed by atoms with Crippen LogP contribution in [0.4, 0.5) is 0 Å². The van der Waals surface area contributed by atoms with Crippen LogP contribution in [0.5, 0.6) is 11.5 Å². The number of carbonyl (C=O) groups is 1. The topological polar surface area (TPSA) is 39.9 Å². The minimum absolute atomic E-state index is 0.0784. The fourth-order valence-corrected chi connectivity index (χ4v) is 4.80. The molecule has 1 aliphatic heterocycles. The number of hydrogen-bond acceptors (Lipinski definition) is 3. The molecule has 1 heterocycles. The summed E-state index contributed by atoms with van der Waals surface area (Å²) >= 11 is 11.7. The molecule has 3 unspecified atom stereocenters. The van der Waals surface area contributed by atoms with E-state index in [-0.39, 0.29) is 10.4 Å². The number of para-hydroxylation sites is 1. The highest BCUT2D eigenvalue weighted by molar-refractivity contribution is 6.55. The minimum atomic E-state index is -1.44. The lowest BCUT2D eigenvalue weighted by molar-refractivity contribution is -0.219. The zero-order chi connectivity index (χ0) is 20.2. The van der Waals surface area contributed by atoms with E-state index in [0.29, 0.717) is 17.1 Å². The third-order valence-corrected chi connectivity index (χ3v) is 6.18. The molecule has 142 valence electrons. The Kier molecular flexibility index (Phi) is 4.22. The van der Waals surface area contributed by atoms with Gasteiger partial charge >= 0.3 is 11.7 Å². The van der Waals surface area contributed by atoms with Crippen molar-refractivity contribution in [3.63, 3.8) is 0 Å². The largest absolute Gasteiger partial charge is 0.457 e. The van der Waals surface area contributed by atoms with Crippen LogP contribution in [0.1, 0.15) is 19.4 Å². The number of rotatable bonds is 4. The molecular weight excluding hydrogens is 397 g/mol. The van der Waals surface area contributed by atoms with Gasteiger partial charge in [-0.3, -0.25) is 9.64 Å². The second-order valence-corrected chi connectivity index (χ2v) is 8.56. The lowest BCUT2D eigenvalue weighted by atomic mass is 9.75. The van der Waals surface area contributed by atoms with E-state index in [1.165, 1.54) is 0 Å². The van der Waals surface area contributed by atoms with E-state index >= 15 is 0 Å². The zero-order valence-corrected chi connectivity index (χ0v) is 16.8. The Morgan fingerprint density at radius 3 is 2.43 bits per heavy atom. The predicted molar refractivity (Wildman–Crippen MR) is 107 cm³/mol. The number of hydrogen-bond donors (Lipinski definition) is 0. The average molecular weight is 414 g/mol. The molecule has 1 aliphatic carbocycles. The highest BCUT2D eigenvalue weighted by atomic mass is 35.5. The van der Waals surface area contributed by atoms with Crippen LogP contribution >= 0.6 is 23.2 Å². The van der Waals surface area contributed by atoms with Crippen molar-refractivity contribution in [1.82, 2.24) is 0 Å². The van der Waals surface area contributed by atoms with Gasteiger partial charge in [0.1, 0.15) is 16.0 Å². The Bertz CT molecular complexity index is 1020.